The number of halogens is 2. The summed E-state index contributed by atoms with van der Waals surface area (Å²) in [5.74, 6) is 5.67. The molecule has 1 aromatic heterocycles. The molecule has 0 bridgehead atoms. The summed E-state index contributed by atoms with van der Waals surface area (Å²) in [6.07, 6.45) is 0.753. The van der Waals surface area contributed by atoms with Crippen LogP contribution in [0.1, 0.15) is 27.2 Å². The molecule has 0 radical (unpaired) electrons. The topological polar surface area (TPSA) is 50.9 Å². The van der Waals surface area contributed by atoms with Gasteiger partial charge in [-0.2, -0.15) is 0 Å². The number of hydrogen-bond donors (Lipinski definition) is 2. The number of thiazole rings is 1. The van der Waals surface area contributed by atoms with Gasteiger partial charge >= 0.3 is 0 Å². The van der Waals surface area contributed by atoms with Crippen LogP contribution in [-0.4, -0.2) is 4.98 Å². The van der Waals surface area contributed by atoms with Crippen LogP contribution in [0, 0.1) is 13.8 Å². The van der Waals surface area contributed by atoms with E-state index >= 15 is 0 Å². The number of hydrazine groups is 1. The van der Waals surface area contributed by atoms with Gasteiger partial charge in [-0.3, -0.25) is 11.3 Å². The van der Waals surface area contributed by atoms with Crippen molar-refractivity contribution in [3.05, 3.63) is 48.8 Å². The molecule has 0 spiro atoms. The number of nitrogens with zero attached hydrogens (tertiary/aromatic N) is 1. The minimum atomic E-state index is -0.0000463. The summed E-state index contributed by atoms with van der Waals surface area (Å²) >= 11 is 11.2. The number of hydrogen-bond acceptors (Lipinski definition) is 4. The van der Waals surface area contributed by atoms with Crippen molar-refractivity contribution in [1.82, 2.24) is 10.4 Å². The van der Waals surface area contributed by atoms with Gasteiger partial charge in [-0.15, -0.1) is 11.3 Å². The second kappa shape index (κ2) is 6.33. The Bertz CT molecular complexity index is 546. The number of benzene rings is 1. The maximum Gasteiger partial charge on any atom is 0.0950 e. The predicted octanol–water partition coefficient (Wildman–Crippen LogP) is 3.92. The van der Waals surface area contributed by atoms with Gasteiger partial charge in [-0.1, -0.05) is 27.5 Å². The van der Waals surface area contributed by atoms with E-state index in [1.165, 1.54) is 4.88 Å². The van der Waals surface area contributed by atoms with Gasteiger partial charge in [0.25, 0.3) is 0 Å². The van der Waals surface area contributed by atoms with Gasteiger partial charge in [-0.05, 0) is 37.6 Å². The normalized spacial score (nSPS) is 12.7. The Labute approximate surface area is 130 Å². The van der Waals surface area contributed by atoms with Gasteiger partial charge < -0.3 is 0 Å². The molecule has 0 saturated carbocycles. The van der Waals surface area contributed by atoms with Gasteiger partial charge in [-0.25, -0.2) is 4.98 Å². The van der Waals surface area contributed by atoms with Crippen LogP contribution in [0.4, 0.5) is 0 Å². The average Bonchev–Trinajstić information content (AvgIpc) is 2.64. The van der Waals surface area contributed by atoms with Crippen molar-refractivity contribution in [1.29, 1.82) is 0 Å². The molecule has 1 aromatic carbocycles. The highest BCUT2D eigenvalue weighted by Gasteiger charge is 2.15. The average molecular weight is 361 g/mol. The van der Waals surface area contributed by atoms with Crippen LogP contribution in [0.5, 0.6) is 0 Å². The van der Waals surface area contributed by atoms with Crippen LogP contribution in [0.15, 0.2) is 22.7 Å². The molecule has 102 valence electrons. The number of rotatable bonds is 4. The van der Waals surface area contributed by atoms with Crippen LogP contribution in [0.3, 0.4) is 0 Å². The lowest BCUT2D eigenvalue weighted by molar-refractivity contribution is 0.550. The molecule has 2 rings (SSSR count). The molecule has 1 heterocycles. The maximum atomic E-state index is 6.07. The van der Waals surface area contributed by atoms with Crippen molar-refractivity contribution in [2.75, 3.05) is 0 Å². The van der Waals surface area contributed by atoms with E-state index in [2.05, 4.69) is 33.3 Å². The molecule has 3 nitrogen and oxygen atoms in total. The van der Waals surface area contributed by atoms with Crippen molar-refractivity contribution in [2.45, 2.75) is 26.3 Å². The third-order valence-corrected chi connectivity index (χ3v) is 4.71. The Morgan fingerprint density at radius 1 is 1.42 bits per heavy atom. The SMILES string of the molecule is Cc1nc(CC(NN)c2cc(Cl)cc(Br)c2)sc1C. The monoisotopic (exact) mass is 359 g/mol. The summed E-state index contributed by atoms with van der Waals surface area (Å²) < 4.78 is 0.946. The van der Waals surface area contributed by atoms with E-state index in [1.807, 2.05) is 25.1 Å². The molecule has 0 aliphatic heterocycles. The number of nitrogens with one attached hydrogen (secondary N) is 1. The lowest BCUT2D eigenvalue weighted by atomic mass is 10.1. The van der Waals surface area contributed by atoms with Crippen molar-refractivity contribution < 1.29 is 0 Å². The highest BCUT2D eigenvalue weighted by atomic mass is 79.9. The lowest BCUT2D eigenvalue weighted by Gasteiger charge is -2.15. The molecule has 3 N–H and O–H groups in total. The Morgan fingerprint density at radius 2 is 2.16 bits per heavy atom. The molecule has 6 heteroatoms. The first-order valence-electron chi connectivity index (χ1n) is 5.84. The van der Waals surface area contributed by atoms with E-state index in [0.29, 0.717) is 5.02 Å². The van der Waals surface area contributed by atoms with E-state index < -0.39 is 0 Å². The number of aromatic nitrogens is 1. The highest BCUT2D eigenvalue weighted by molar-refractivity contribution is 9.10. The van der Waals surface area contributed by atoms with Gasteiger partial charge in [0, 0.05) is 20.8 Å². The highest BCUT2D eigenvalue weighted by Crippen LogP contribution is 2.27. The van der Waals surface area contributed by atoms with Crippen LogP contribution in [0.25, 0.3) is 0 Å². The third kappa shape index (κ3) is 3.77. The minimum Gasteiger partial charge on any atom is -0.271 e. The minimum absolute atomic E-state index is 0.0000463. The first-order chi connectivity index (χ1) is 8.99. The molecule has 0 aliphatic rings. The van der Waals surface area contributed by atoms with Gasteiger partial charge in [0.05, 0.1) is 16.7 Å². The van der Waals surface area contributed by atoms with E-state index in [4.69, 9.17) is 17.4 Å². The largest absolute Gasteiger partial charge is 0.271 e. The molecule has 0 amide bonds. The Hall–Kier alpha value is -0.460. The fourth-order valence-electron chi connectivity index (χ4n) is 1.85. The standard InChI is InChI=1S/C13H15BrClN3S/c1-7-8(2)19-13(17-7)6-12(18-16)9-3-10(14)5-11(15)4-9/h3-5,12,18H,6,16H2,1-2H3. The first kappa shape index (κ1) is 14.9. The van der Waals surface area contributed by atoms with Crippen molar-refractivity contribution in [2.24, 2.45) is 5.84 Å². The smallest absolute Gasteiger partial charge is 0.0950 e. The van der Waals surface area contributed by atoms with Gasteiger partial charge in [0.15, 0.2) is 0 Å². The van der Waals surface area contributed by atoms with E-state index in [9.17, 15) is 0 Å². The zero-order valence-corrected chi connectivity index (χ0v) is 13.9. The molecular formula is C13H15BrClN3S. The van der Waals surface area contributed by atoms with Crippen LogP contribution >= 0.6 is 38.9 Å². The van der Waals surface area contributed by atoms with E-state index in [0.717, 1.165) is 27.2 Å². The zero-order valence-electron chi connectivity index (χ0n) is 10.7. The zero-order chi connectivity index (χ0) is 14.0. The molecule has 1 unspecified atom stereocenters. The number of nitrogens with two attached hydrogens (primary N) is 1. The maximum absolute atomic E-state index is 6.07. The Kier molecular flexibility index (Phi) is 4.97. The fraction of sp³-hybridized carbons (Fsp3) is 0.308. The third-order valence-electron chi connectivity index (χ3n) is 2.94. The van der Waals surface area contributed by atoms with Gasteiger partial charge in [0.2, 0.25) is 0 Å². The molecule has 0 saturated heterocycles. The second-order valence-electron chi connectivity index (χ2n) is 4.38. The molecule has 1 atom stereocenters. The molecule has 0 aliphatic carbocycles. The molecule has 0 fully saturated rings. The van der Waals surface area contributed by atoms with Crippen molar-refractivity contribution in [3.8, 4) is 0 Å². The lowest BCUT2D eigenvalue weighted by Crippen LogP contribution is -2.29. The Morgan fingerprint density at radius 3 is 2.68 bits per heavy atom. The fourth-order valence-corrected chi connectivity index (χ4v) is 3.72. The van der Waals surface area contributed by atoms with E-state index in [1.54, 1.807) is 11.3 Å². The summed E-state index contributed by atoms with van der Waals surface area (Å²) in [4.78, 5) is 5.79. The van der Waals surface area contributed by atoms with Crippen LogP contribution < -0.4 is 11.3 Å². The quantitative estimate of drug-likeness (QED) is 0.642. The predicted molar refractivity (Wildman–Crippen MR) is 84.5 cm³/mol. The second-order valence-corrected chi connectivity index (χ2v) is 7.02. The van der Waals surface area contributed by atoms with Gasteiger partial charge in [0.1, 0.15) is 0 Å². The van der Waals surface area contributed by atoms with Crippen molar-refractivity contribution in [3.63, 3.8) is 0 Å². The molecular weight excluding hydrogens is 346 g/mol. The summed E-state index contributed by atoms with van der Waals surface area (Å²) in [6.45, 7) is 4.10. The first-order valence-corrected chi connectivity index (χ1v) is 7.83. The molecule has 2 aromatic rings. The number of aryl methyl sites for hydroxylation is 2. The van der Waals surface area contributed by atoms with Crippen molar-refractivity contribution >= 4 is 38.9 Å². The van der Waals surface area contributed by atoms with Crippen LogP contribution in [-0.2, 0) is 6.42 Å². The molecule has 19 heavy (non-hydrogen) atoms. The summed E-state index contributed by atoms with van der Waals surface area (Å²) in [5, 5.41) is 1.77. The summed E-state index contributed by atoms with van der Waals surface area (Å²) in [7, 11) is 0. The Balaban J connectivity index is 2.24. The van der Waals surface area contributed by atoms with E-state index in [-0.39, 0.29) is 6.04 Å². The summed E-state index contributed by atoms with van der Waals surface area (Å²) in [5.41, 5.74) is 4.97. The summed E-state index contributed by atoms with van der Waals surface area (Å²) in [6, 6.07) is 5.80. The van der Waals surface area contributed by atoms with Crippen LogP contribution in [0.2, 0.25) is 5.02 Å².